The summed E-state index contributed by atoms with van der Waals surface area (Å²) in [6, 6.07) is 0. The highest BCUT2D eigenvalue weighted by molar-refractivity contribution is 5.74. The zero-order valence-electron chi connectivity index (χ0n) is 12.1. The van der Waals surface area contributed by atoms with Gasteiger partial charge in [0.1, 0.15) is 11.9 Å². The van der Waals surface area contributed by atoms with Crippen molar-refractivity contribution in [3.05, 3.63) is 0 Å². The van der Waals surface area contributed by atoms with E-state index >= 15 is 0 Å². The Kier molecular flexibility index (Phi) is 5.99. The number of aldehydes is 1. The lowest BCUT2D eigenvalue weighted by atomic mass is 9.77. The van der Waals surface area contributed by atoms with Gasteiger partial charge in [-0.3, -0.25) is 4.79 Å². The highest BCUT2D eigenvalue weighted by Gasteiger charge is 2.35. The summed E-state index contributed by atoms with van der Waals surface area (Å²) >= 11 is 0. The third-order valence-corrected chi connectivity index (χ3v) is 2.66. The van der Waals surface area contributed by atoms with Crippen molar-refractivity contribution in [2.45, 2.75) is 46.6 Å². The van der Waals surface area contributed by atoms with Crippen LogP contribution in [0.15, 0.2) is 0 Å². The van der Waals surface area contributed by atoms with Crippen LogP contribution in [0.25, 0.3) is 0 Å². The van der Waals surface area contributed by atoms with Crippen LogP contribution in [0.2, 0.25) is 0 Å². The van der Waals surface area contributed by atoms with E-state index in [4.69, 9.17) is 9.84 Å². The van der Waals surface area contributed by atoms with E-state index in [2.05, 4.69) is 5.32 Å². The first-order valence-electron chi connectivity index (χ1n) is 6.13. The normalized spacial score (nSPS) is 13.5. The Morgan fingerprint density at radius 3 is 2.16 bits per heavy atom. The van der Waals surface area contributed by atoms with Crippen LogP contribution in [-0.4, -0.2) is 35.6 Å². The second kappa shape index (κ2) is 6.54. The number of nitrogens with one attached hydrogen (secondary N) is 1. The molecule has 0 rings (SSSR count). The van der Waals surface area contributed by atoms with Crippen LogP contribution in [-0.2, 0) is 14.3 Å². The lowest BCUT2D eigenvalue weighted by molar-refractivity contribution is -0.147. The van der Waals surface area contributed by atoms with Crippen LogP contribution >= 0.6 is 0 Å². The lowest BCUT2D eigenvalue weighted by Crippen LogP contribution is -2.43. The number of carboxylic acid groups (broad SMARTS) is 1. The number of carboxylic acids is 1. The molecule has 2 N–H and O–H groups in total. The van der Waals surface area contributed by atoms with Crippen molar-refractivity contribution in [2.75, 3.05) is 6.54 Å². The molecule has 0 aliphatic heterocycles. The maximum atomic E-state index is 11.5. The van der Waals surface area contributed by atoms with E-state index in [1.165, 1.54) is 0 Å². The highest BCUT2D eigenvalue weighted by Crippen LogP contribution is 2.28. The average Bonchev–Trinajstić information content (AvgIpc) is 2.20. The molecule has 0 spiro atoms. The monoisotopic (exact) mass is 273 g/mol. The molecule has 0 heterocycles. The molecule has 1 amide bonds. The summed E-state index contributed by atoms with van der Waals surface area (Å²) in [6.07, 6.45) is -0.109. The van der Waals surface area contributed by atoms with Gasteiger partial charge < -0.3 is 20.0 Å². The summed E-state index contributed by atoms with van der Waals surface area (Å²) in [5.74, 6) is -1.90. The van der Waals surface area contributed by atoms with Gasteiger partial charge in [-0.05, 0) is 26.2 Å². The predicted octanol–water partition coefficient (Wildman–Crippen LogP) is 1.83. The van der Waals surface area contributed by atoms with E-state index in [1.807, 2.05) is 0 Å². The number of rotatable bonds is 6. The molecule has 6 nitrogen and oxygen atoms in total. The minimum atomic E-state index is -1.05. The number of alkyl carbamates (subject to hydrolysis) is 1. The summed E-state index contributed by atoms with van der Waals surface area (Å²) in [6.45, 7) is 8.71. The topological polar surface area (TPSA) is 92.7 Å². The van der Waals surface area contributed by atoms with Crippen LogP contribution < -0.4 is 5.32 Å². The standard InChI is InChI=1S/C13H23NO5/c1-12(2,3)19-11(18)14-8-13(4,5)9(6-7-15)10(16)17/h7,9H,6,8H2,1-5H3,(H,14,18)(H,16,17)/t9-/m1/s1. The van der Waals surface area contributed by atoms with Gasteiger partial charge >= 0.3 is 12.1 Å². The zero-order valence-corrected chi connectivity index (χ0v) is 12.1. The van der Waals surface area contributed by atoms with Crippen molar-refractivity contribution < 1.29 is 24.2 Å². The molecule has 0 radical (unpaired) electrons. The fourth-order valence-corrected chi connectivity index (χ4v) is 1.59. The molecule has 6 heteroatoms. The molecule has 0 aliphatic rings. The molecular formula is C13H23NO5. The maximum Gasteiger partial charge on any atom is 0.407 e. The summed E-state index contributed by atoms with van der Waals surface area (Å²) < 4.78 is 5.07. The van der Waals surface area contributed by atoms with E-state index in [9.17, 15) is 14.4 Å². The number of carbonyl (C=O) groups excluding carboxylic acids is 2. The van der Waals surface area contributed by atoms with Crippen molar-refractivity contribution in [2.24, 2.45) is 11.3 Å². The van der Waals surface area contributed by atoms with Gasteiger partial charge in [-0.15, -0.1) is 0 Å². The fraction of sp³-hybridized carbons (Fsp3) is 0.769. The Balaban J connectivity index is 4.55. The first-order valence-corrected chi connectivity index (χ1v) is 6.13. The van der Waals surface area contributed by atoms with Crippen LogP contribution in [0, 0.1) is 11.3 Å². The van der Waals surface area contributed by atoms with Gasteiger partial charge in [-0.1, -0.05) is 13.8 Å². The van der Waals surface area contributed by atoms with Crippen molar-refractivity contribution in [1.82, 2.24) is 5.32 Å². The van der Waals surface area contributed by atoms with Crippen LogP contribution in [0.4, 0.5) is 4.79 Å². The molecule has 0 aromatic carbocycles. The van der Waals surface area contributed by atoms with E-state index < -0.39 is 29.0 Å². The van der Waals surface area contributed by atoms with Crippen LogP contribution in [0.3, 0.4) is 0 Å². The first-order chi connectivity index (χ1) is 8.49. The molecular weight excluding hydrogens is 250 g/mol. The van der Waals surface area contributed by atoms with Gasteiger partial charge in [0.05, 0.1) is 5.92 Å². The Morgan fingerprint density at radius 1 is 1.26 bits per heavy atom. The molecule has 0 saturated heterocycles. The van der Waals surface area contributed by atoms with Gasteiger partial charge in [0.15, 0.2) is 0 Å². The smallest absolute Gasteiger partial charge is 0.407 e. The lowest BCUT2D eigenvalue weighted by Gasteiger charge is -2.31. The predicted molar refractivity (Wildman–Crippen MR) is 69.8 cm³/mol. The van der Waals surface area contributed by atoms with Crippen molar-refractivity contribution in [3.63, 3.8) is 0 Å². The molecule has 0 aliphatic carbocycles. The number of hydrogen-bond acceptors (Lipinski definition) is 4. The maximum absolute atomic E-state index is 11.5. The van der Waals surface area contributed by atoms with E-state index in [1.54, 1.807) is 34.6 Å². The SMILES string of the molecule is CC(C)(C)OC(=O)NCC(C)(C)[C@H](CC=O)C(=O)O. The largest absolute Gasteiger partial charge is 0.481 e. The van der Waals surface area contributed by atoms with Crippen LogP contribution in [0.1, 0.15) is 41.0 Å². The van der Waals surface area contributed by atoms with Crippen LogP contribution in [0.5, 0.6) is 0 Å². The third-order valence-electron chi connectivity index (χ3n) is 2.66. The molecule has 1 atom stereocenters. The molecule has 0 aromatic rings. The minimum Gasteiger partial charge on any atom is -0.481 e. The summed E-state index contributed by atoms with van der Waals surface area (Å²) in [5.41, 5.74) is -1.35. The number of aliphatic carboxylic acids is 1. The number of hydrogen-bond donors (Lipinski definition) is 2. The number of carbonyl (C=O) groups is 3. The van der Waals surface area contributed by atoms with Crippen molar-refractivity contribution in [3.8, 4) is 0 Å². The molecule has 0 aromatic heterocycles. The molecule has 0 bridgehead atoms. The molecule has 19 heavy (non-hydrogen) atoms. The first kappa shape index (κ1) is 17.4. The van der Waals surface area contributed by atoms with Gasteiger partial charge in [-0.25, -0.2) is 4.79 Å². The molecule has 0 saturated carbocycles. The van der Waals surface area contributed by atoms with Gasteiger partial charge in [0.2, 0.25) is 0 Å². The Hall–Kier alpha value is -1.59. The molecule has 110 valence electrons. The Morgan fingerprint density at radius 2 is 1.79 bits per heavy atom. The van der Waals surface area contributed by atoms with E-state index in [0.717, 1.165) is 0 Å². The average molecular weight is 273 g/mol. The van der Waals surface area contributed by atoms with E-state index in [0.29, 0.717) is 6.29 Å². The van der Waals surface area contributed by atoms with Gasteiger partial charge in [-0.2, -0.15) is 0 Å². The van der Waals surface area contributed by atoms with Crippen molar-refractivity contribution >= 4 is 18.3 Å². The number of ether oxygens (including phenoxy) is 1. The fourth-order valence-electron chi connectivity index (χ4n) is 1.59. The van der Waals surface area contributed by atoms with Gasteiger partial charge in [0, 0.05) is 13.0 Å². The second-order valence-corrected chi connectivity index (χ2v) is 6.14. The number of amides is 1. The third kappa shape index (κ3) is 6.79. The second-order valence-electron chi connectivity index (χ2n) is 6.14. The van der Waals surface area contributed by atoms with Crippen molar-refractivity contribution in [1.29, 1.82) is 0 Å². The van der Waals surface area contributed by atoms with E-state index in [-0.39, 0.29) is 13.0 Å². The molecule has 0 fully saturated rings. The highest BCUT2D eigenvalue weighted by atomic mass is 16.6. The summed E-state index contributed by atoms with van der Waals surface area (Å²) in [4.78, 5) is 33.1. The summed E-state index contributed by atoms with van der Waals surface area (Å²) in [5, 5.41) is 11.6. The Labute approximate surface area is 113 Å². The quantitative estimate of drug-likeness (QED) is 0.720. The molecule has 0 unspecified atom stereocenters. The Bertz CT molecular complexity index is 343. The van der Waals surface area contributed by atoms with Gasteiger partial charge in [0.25, 0.3) is 0 Å². The summed E-state index contributed by atoms with van der Waals surface area (Å²) in [7, 11) is 0. The zero-order chi connectivity index (χ0) is 15.3. The minimum absolute atomic E-state index is 0.0850.